The largest absolute Gasteiger partial charge is 0.486 e. The molecule has 138 valence electrons. The predicted molar refractivity (Wildman–Crippen MR) is 103 cm³/mol. The van der Waals surface area contributed by atoms with Crippen molar-refractivity contribution in [3.05, 3.63) is 66.7 Å². The van der Waals surface area contributed by atoms with Crippen molar-refractivity contribution in [2.75, 3.05) is 13.2 Å². The van der Waals surface area contributed by atoms with Crippen LogP contribution in [0.3, 0.4) is 0 Å². The molecule has 3 aromatic rings. The van der Waals surface area contributed by atoms with Crippen LogP contribution in [0.5, 0.6) is 17.2 Å². The molecule has 4 rings (SSSR count). The van der Waals surface area contributed by atoms with Crippen molar-refractivity contribution in [1.29, 1.82) is 0 Å². The van der Waals surface area contributed by atoms with Gasteiger partial charge in [0.05, 0.1) is 6.54 Å². The van der Waals surface area contributed by atoms with E-state index in [0.717, 1.165) is 16.5 Å². The van der Waals surface area contributed by atoms with Crippen LogP contribution in [0.1, 0.15) is 6.92 Å². The molecular formula is C22H21NO4. The fourth-order valence-corrected chi connectivity index (χ4v) is 3.06. The Bertz CT molecular complexity index is 950. The molecule has 2 atom stereocenters. The van der Waals surface area contributed by atoms with Crippen LogP contribution in [-0.2, 0) is 4.79 Å². The summed E-state index contributed by atoms with van der Waals surface area (Å²) in [6, 6.07) is 21.3. The molecule has 0 radical (unpaired) electrons. The Morgan fingerprint density at radius 3 is 2.70 bits per heavy atom. The topological polar surface area (TPSA) is 56.8 Å². The molecular weight excluding hydrogens is 342 g/mol. The summed E-state index contributed by atoms with van der Waals surface area (Å²) in [6.07, 6.45) is -0.846. The second kappa shape index (κ2) is 7.58. The van der Waals surface area contributed by atoms with Gasteiger partial charge in [-0.2, -0.15) is 0 Å². The minimum absolute atomic E-state index is 0.189. The normalized spacial score (nSPS) is 16.6. The molecule has 0 aliphatic carbocycles. The number of benzene rings is 3. The van der Waals surface area contributed by atoms with Gasteiger partial charge in [0.25, 0.3) is 5.91 Å². The third-order valence-corrected chi connectivity index (χ3v) is 4.49. The molecule has 1 heterocycles. The van der Waals surface area contributed by atoms with E-state index in [1.54, 1.807) is 6.92 Å². The van der Waals surface area contributed by atoms with E-state index < -0.39 is 6.10 Å². The highest BCUT2D eigenvalue weighted by Gasteiger charge is 2.23. The van der Waals surface area contributed by atoms with Crippen molar-refractivity contribution in [3.8, 4) is 17.2 Å². The summed E-state index contributed by atoms with van der Waals surface area (Å²) in [7, 11) is 0. The summed E-state index contributed by atoms with van der Waals surface area (Å²) >= 11 is 0. The van der Waals surface area contributed by atoms with Gasteiger partial charge >= 0.3 is 0 Å². The van der Waals surface area contributed by atoms with Crippen LogP contribution in [0.15, 0.2) is 66.7 Å². The van der Waals surface area contributed by atoms with Gasteiger partial charge in [-0.1, -0.05) is 48.5 Å². The van der Waals surface area contributed by atoms with Crippen LogP contribution in [0.2, 0.25) is 0 Å². The van der Waals surface area contributed by atoms with Gasteiger partial charge in [0.15, 0.2) is 17.6 Å². The zero-order valence-corrected chi connectivity index (χ0v) is 15.1. The lowest BCUT2D eigenvalue weighted by atomic mass is 10.1. The minimum atomic E-state index is -0.618. The molecule has 0 saturated heterocycles. The highest BCUT2D eigenvalue weighted by atomic mass is 16.6. The molecule has 0 saturated carbocycles. The summed E-state index contributed by atoms with van der Waals surface area (Å²) in [5, 5.41) is 4.95. The average Bonchev–Trinajstić information content (AvgIpc) is 2.72. The van der Waals surface area contributed by atoms with E-state index in [1.165, 1.54) is 0 Å². The number of nitrogens with one attached hydrogen (secondary N) is 1. The van der Waals surface area contributed by atoms with Crippen LogP contribution in [0.4, 0.5) is 0 Å². The summed E-state index contributed by atoms with van der Waals surface area (Å²) in [5.74, 6) is 1.93. The maximum absolute atomic E-state index is 12.4. The van der Waals surface area contributed by atoms with E-state index in [9.17, 15) is 4.79 Å². The summed E-state index contributed by atoms with van der Waals surface area (Å²) in [6.45, 7) is 2.50. The number of ether oxygens (including phenoxy) is 3. The summed E-state index contributed by atoms with van der Waals surface area (Å²) < 4.78 is 17.4. The SMILES string of the molecule is CC(Oc1cccc2ccccc12)C(=O)NCC1COc2ccccc2O1. The molecule has 2 unspecified atom stereocenters. The van der Waals surface area contributed by atoms with E-state index in [-0.39, 0.29) is 12.0 Å². The number of hydrogen-bond acceptors (Lipinski definition) is 4. The summed E-state index contributed by atoms with van der Waals surface area (Å²) in [4.78, 5) is 12.4. The molecule has 3 aromatic carbocycles. The van der Waals surface area contributed by atoms with Crippen LogP contribution in [-0.4, -0.2) is 31.3 Å². The Morgan fingerprint density at radius 1 is 1.07 bits per heavy atom. The first kappa shape index (κ1) is 17.2. The first-order valence-electron chi connectivity index (χ1n) is 9.01. The van der Waals surface area contributed by atoms with Gasteiger partial charge in [0, 0.05) is 5.39 Å². The van der Waals surface area contributed by atoms with E-state index in [4.69, 9.17) is 14.2 Å². The molecule has 0 spiro atoms. The van der Waals surface area contributed by atoms with Crippen LogP contribution >= 0.6 is 0 Å². The molecule has 0 aromatic heterocycles. The number of carbonyl (C=O) groups is 1. The van der Waals surface area contributed by atoms with Crippen molar-refractivity contribution in [1.82, 2.24) is 5.32 Å². The number of para-hydroxylation sites is 2. The maximum atomic E-state index is 12.4. The number of rotatable bonds is 5. The Labute approximate surface area is 157 Å². The predicted octanol–water partition coefficient (Wildman–Crippen LogP) is 3.56. The molecule has 1 aliphatic heterocycles. The third-order valence-electron chi connectivity index (χ3n) is 4.49. The zero-order valence-electron chi connectivity index (χ0n) is 15.1. The zero-order chi connectivity index (χ0) is 18.6. The first-order chi connectivity index (χ1) is 13.2. The van der Waals surface area contributed by atoms with E-state index in [1.807, 2.05) is 66.7 Å². The average molecular weight is 363 g/mol. The summed E-state index contributed by atoms with van der Waals surface area (Å²) in [5.41, 5.74) is 0. The molecule has 1 N–H and O–H groups in total. The second-order valence-corrected chi connectivity index (χ2v) is 6.48. The van der Waals surface area contributed by atoms with E-state index >= 15 is 0 Å². The minimum Gasteiger partial charge on any atom is -0.486 e. The number of hydrogen-bond donors (Lipinski definition) is 1. The quantitative estimate of drug-likeness (QED) is 0.753. The van der Waals surface area contributed by atoms with Crippen LogP contribution < -0.4 is 19.5 Å². The van der Waals surface area contributed by atoms with Crippen LogP contribution in [0.25, 0.3) is 10.8 Å². The van der Waals surface area contributed by atoms with Crippen molar-refractivity contribution in [3.63, 3.8) is 0 Å². The maximum Gasteiger partial charge on any atom is 0.260 e. The highest BCUT2D eigenvalue weighted by Crippen LogP contribution is 2.30. The lowest BCUT2D eigenvalue weighted by Crippen LogP contribution is -2.44. The monoisotopic (exact) mass is 363 g/mol. The van der Waals surface area contributed by atoms with Gasteiger partial charge in [0.2, 0.25) is 0 Å². The Kier molecular flexibility index (Phi) is 4.83. The van der Waals surface area contributed by atoms with Gasteiger partial charge in [-0.25, -0.2) is 0 Å². The Balaban J connectivity index is 1.35. The Hall–Kier alpha value is -3.21. The fraction of sp³-hybridized carbons (Fsp3) is 0.227. The first-order valence-corrected chi connectivity index (χ1v) is 9.01. The van der Waals surface area contributed by atoms with Gasteiger partial charge in [-0.3, -0.25) is 4.79 Å². The Morgan fingerprint density at radius 2 is 1.81 bits per heavy atom. The van der Waals surface area contributed by atoms with Gasteiger partial charge in [-0.05, 0) is 30.5 Å². The fourth-order valence-electron chi connectivity index (χ4n) is 3.06. The van der Waals surface area contributed by atoms with E-state index in [0.29, 0.717) is 24.7 Å². The second-order valence-electron chi connectivity index (χ2n) is 6.48. The lowest BCUT2D eigenvalue weighted by molar-refractivity contribution is -0.127. The molecule has 5 heteroatoms. The standard InChI is InChI=1S/C22H21NO4/c1-15(26-19-12-6-8-16-7-2-3-9-18(16)19)22(24)23-13-17-14-25-20-10-4-5-11-21(20)27-17/h2-12,15,17H,13-14H2,1H3,(H,23,24). The molecule has 0 bridgehead atoms. The van der Waals surface area contributed by atoms with Gasteiger partial charge < -0.3 is 19.5 Å². The van der Waals surface area contributed by atoms with Gasteiger partial charge in [0.1, 0.15) is 18.5 Å². The number of fused-ring (bicyclic) bond motifs is 2. The number of carbonyl (C=O) groups excluding carboxylic acids is 1. The highest BCUT2D eigenvalue weighted by molar-refractivity contribution is 5.89. The smallest absolute Gasteiger partial charge is 0.260 e. The van der Waals surface area contributed by atoms with Crippen molar-refractivity contribution in [2.45, 2.75) is 19.1 Å². The van der Waals surface area contributed by atoms with Crippen LogP contribution in [0, 0.1) is 0 Å². The van der Waals surface area contributed by atoms with Crippen molar-refractivity contribution in [2.24, 2.45) is 0 Å². The molecule has 27 heavy (non-hydrogen) atoms. The molecule has 1 aliphatic rings. The van der Waals surface area contributed by atoms with E-state index in [2.05, 4.69) is 5.32 Å². The molecule has 1 amide bonds. The molecule has 0 fully saturated rings. The van der Waals surface area contributed by atoms with Gasteiger partial charge in [-0.15, -0.1) is 0 Å². The van der Waals surface area contributed by atoms with Crippen molar-refractivity contribution < 1.29 is 19.0 Å². The van der Waals surface area contributed by atoms with Crippen molar-refractivity contribution >= 4 is 16.7 Å². The lowest BCUT2D eigenvalue weighted by Gasteiger charge is -2.27. The number of amides is 1. The molecule has 5 nitrogen and oxygen atoms in total. The third kappa shape index (κ3) is 3.82.